The Hall–Kier alpha value is -2.17. The average molecular weight is 201 g/mol. The molecule has 1 amide bonds. The van der Waals surface area contributed by atoms with Gasteiger partial charge in [0.15, 0.2) is 0 Å². The number of carbonyl (C=O) groups is 1. The molecule has 2 aromatic heterocycles. The Morgan fingerprint density at radius 3 is 3.20 bits per heavy atom. The van der Waals surface area contributed by atoms with Crippen molar-refractivity contribution < 1.29 is 9.21 Å². The van der Waals surface area contributed by atoms with Crippen molar-refractivity contribution in [1.82, 2.24) is 15.5 Å². The maximum absolute atomic E-state index is 11.4. The average Bonchev–Trinajstić information content (AvgIpc) is 2.88. The first-order valence-corrected chi connectivity index (χ1v) is 4.51. The summed E-state index contributed by atoms with van der Waals surface area (Å²) in [7, 11) is 0. The van der Waals surface area contributed by atoms with Crippen LogP contribution in [0.2, 0.25) is 0 Å². The van der Waals surface area contributed by atoms with Gasteiger partial charge >= 0.3 is 0 Å². The first-order valence-electron chi connectivity index (χ1n) is 4.51. The van der Waals surface area contributed by atoms with E-state index in [1.54, 1.807) is 18.6 Å². The third-order valence-corrected chi connectivity index (χ3v) is 2.42. The molecule has 0 atom stereocenters. The second-order valence-electron chi connectivity index (χ2n) is 3.28. The van der Waals surface area contributed by atoms with E-state index in [-0.39, 0.29) is 5.91 Å². The monoisotopic (exact) mass is 201 g/mol. The molecule has 1 N–H and O–H groups in total. The van der Waals surface area contributed by atoms with E-state index in [4.69, 9.17) is 4.42 Å². The highest BCUT2D eigenvalue weighted by atomic mass is 16.3. The van der Waals surface area contributed by atoms with E-state index in [1.165, 1.54) is 6.20 Å². The molecule has 1 aliphatic heterocycles. The van der Waals surface area contributed by atoms with Gasteiger partial charge in [0.05, 0.1) is 24.3 Å². The Morgan fingerprint density at radius 2 is 2.40 bits per heavy atom. The molecule has 0 saturated carbocycles. The van der Waals surface area contributed by atoms with Gasteiger partial charge in [-0.2, -0.15) is 10.2 Å². The maximum atomic E-state index is 11.4. The number of furan rings is 1. The van der Waals surface area contributed by atoms with Gasteiger partial charge in [0.2, 0.25) is 0 Å². The highest BCUT2D eigenvalue weighted by Crippen LogP contribution is 2.26. The van der Waals surface area contributed by atoms with Gasteiger partial charge in [-0.15, -0.1) is 0 Å². The van der Waals surface area contributed by atoms with Crippen LogP contribution in [0.3, 0.4) is 0 Å². The zero-order valence-electron chi connectivity index (χ0n) is 7.73. The van der Waals surface area contributed by atoms with Gasteiger partial charge in [-0.05, 0) is 6.07 Å². The van der Waals surface area contributed by atoms with Crippen LogP contribution < -0.4 is 5.32 Å². The molecule has 15 heavy (non-hydrogen) atoms. The number of fused-ring (bicyclic) bond motifs is 1. The lowest BCUT2D eigenvalue weighted by atomic mass is 10.1. The molecule has 0 unspecified atom stereocenters. The van der Waals surface area contributed by atoms with Crippen molar-refractivity contribution in [3.8, 4) is 11.3 Å². The minimum atomic E-state index is -0.0929. The molecule has 0 spiro atoms. The van der Waals surface area contributed by atoms with Crippen LogP contribution in [0.1, 0.15) is 15.9 Å². The summed E-state index contributed by atoms with van der Waals surface area (Å²) in [5, 5.41) is 10.6. The van der Waals surface area contributed by atoms with Crippen molar-refractivity contribution in [3.63, 3.8) is 0 Å². The third-order valence-electron chi connectivity index (χ3n) is 2.42. The molecule has 0 bridgehead atoms. The van der Waals surface area contributed by atoms with Crippen LogP contribution in [0.5, 0.6) is 0 Å². The fourth-order valence-electron chi connectivity index (χ4n) is 1.68. The fourth-order valence-corrected chi connectivity index (χ4v) is 1.68. The van der Waals surface area contributed by atoms with Gasteiger partial charge in [-0.1, -0.05) is 0 Å². The van der Waals surface area contributed by atoms with Gasteiger partial charge in [-0.25, -0.2) is 0 Å². The highest BCUT2D eigenvalue weighted by Gasteiger charge is 2.23. The summed E-state index contributed by atoms with van der Waals surface area (Å²) in [6.07, 6.45) is 4.65. The minimum Gasteiger partial charge on any atom is -0.472 e. The van der Waals surface area contributed by atoms with Crippen molar-refractivity contribution in [1.29, 1.82) is 0 Å². The lowest BCUT2D eigenvalue weighted by molar-refractivity contribution is 0.0965. The zero-order valence-corrected chi connectivity index (χ0v) is 7.73. The molecular formula is C10H7N3O2. The Morgan fingerprint density at radius 1 is 1.47 bits per heavy atom. The SMILES string of the molecule is O=C1NCc2c1cnnc2-c1ccoc1. The van der Waals surface area contributed by atoms with E-state index in [0.717, 1.165) is 11.1 Å². The predicted molar refractivity (Wildman–Crippen MR) is 50.9 cm³/mol. The van der Waals surface area contributed by atoms with Crippen molar-refractivity contribution in [3.05, 3.63) is 35.9 Å². The van der Waals surface area contributed by atoms with Gasteiger partial charge in [0.1, 0.15) is 5.69 Å². The van der Waals surface area contributed by atoms with E-state index in [2.05, 4.69) is 15.5 Å². The summed E-state index contributed by atoms with van der Waals surface area (Å²) in [4.78, 5) is 11.4. The number of nitrogens with zero attached hydrogens (tertiary/aromatic N) is 2. The van der Waals surface area contributed by atoms with Gasteiger partial charge in [-0.3, -0.25) is 4.79 Å². The Labute approximate surface area is 85.1 Å². The standard InChI is InChI=1S/C10H7N3O2/c14-10-8-4-12-13-9(7(8)3-11-10)6-1-2-15-5-6/h1-2,4-5H,3H2,(H,11,14). The molecule has 5 heteroatoms. The summed E-state index contributed by atoms with van der Waals surface area (Å²) in [5.74, 6) is -0.0929. The minimum absolute atomic E-state index is 0.0929. The Kier molecular flexibility index (Phi) is 1.58. The third kappa shape index (κ3) is 1.13. The molecule has 0 saturated heterocycles. The van der Waals surface area contributed by atoms with Crippen LogP contribution >= 0.6 is 0 Å². The van der Waals surface area contributed by atoms with Crippen LogP contribution in [0, 0.1) is 0 Å². The number of carbonyl (C=O) groups excluding carboxylic acids is 1. The number of amides is 1. The van der Waals surface area contributed by atoms with Crippen molar-refractivity contribution in [2.24, 2.45) is 0 Å². The smallest absolute Gasteiger partial charge is 0.253 e. The summed E-state index contributed by atoms with van der Waals surface area (Å²) in [5.41, 5.74) is 3.04. The van der Waals surface area contributed by atoms with E-state index in [1.807, 2.05) is 0 Å². The molecule has 0 radical (unpaired) electrons. The quantitative estimate of drug-likeness (QED) is 0.746. The number of rotatable bonds is 1. The van der Waals surface area contributed by atoms with E-state index in [0.29, 0.717) is 17.8 Å². The Balaban J connectivity index is 2.23. The molecular weight excluding hydrogens is 194 g/mol. The molecule has 0 fully saturated rings. The number of hydrogen-bond acceptors (Lipinski definition) is 4. The number of hydrogen-bond donors (Lipinski definition) is 1. The van der Waals surface area contributed by atoms with Crippen LogP contribution in [-0.4, -0.2) is 16.1 Å². The predicted octanol–water partition coefficient (Wildman–Crippen LogP) is 0.980. The molecule has 1 aliphatic rings. The van der Waals surface area contributed by atoms with Crippen molar-refractivity contribution >= 4 is 5.91 Å². The second kappa shape index (κ2) is 2.91. The molecule has 74 valence electrons. The molecule has 0 aliphatic carbocycles. The van der Waals surface area contributed by atoms with E-state index in [9.17, 15) is 4.79 Å². The normalized spacial score (nSPS) is 13.7. The molecule has 3 rings (SSSR count). The second-order valence-corrected chi connectivity index (χ2v) is 3.28. The van der Waals surface area contributed by atoms with Crippen LogP contribution in [-0.2, 0) is 6.54 Å². The lowest BCUT2D eigenvalue weighted by Gasteiger charge is -2.00. The van der Waals surface area contributed by atoms with Crippen LogP contribution in [0.15, 0.2) is 29.2 Å². The fraction of sp³-hybridized carbons (Fsp3) is 0.100. The first-order chi connectivity index (χ1) is 7.36. The van der Waals surface area contributed by atoms with E-state index >= 15 is 0 Å². The summed E-state index contributed by atoms with van der Waals surface area (Å²) >= 11 is 0. The van der Waals surface area contributed by atoms with Gasteiger partial charge in [0, 0.05) is 17.7 Å². The summed E-state index contributed by atoms with van der Waals surface area (Å²) in [6.45, 7) is 0.504. The summed E-state index contributed by atoms with van der Waals surface area (Å²) in [6, 6.07) is 1.80. The lowest BCUT2D eigenvalue weighted by Crippen LogP contribution is -2.12. The number of aromatic nitrogens is 2. The van der Waals surface area contributed by atoms with Crippen LogP contribution in [0.4, 0.5) is 0 Å². The van der Waals surface area contributed by atoms with Crippen molar-refractivity contribution in [2.75, 3.05) is 0 Å². The Bertz CT molecular complexity index is 519. The first kappa shape index (κ1) is 8.16. The zero-order chi connectivity index (χ0) is 10.3. The van der Waals surface area contributed by atoms with Crippen LogP contribution in [0.25, 0.3) is 11.3 Å². The summed E-state index contributed by atoms with van der Waals surface area (Å²) < 4.78 is 4.98. The molecule has 2 aromatic rings. The topological polar surface area (TPSA) is 68.0 Å². The molecule has 0 aromatic carbocycles. The largest absolute Gasteiger partial charge is 0.472 e. The van der Waals surface area contributed by atoms with E-state index < -0.39 is 0 Å². The number of nitrogens with one attached hydrogen (secondary N) is 1. The van der Waals surface area contributed by atoms with Gasteiger partial charge in [0.25, 0.3) is 5.91 Å². The van der Waals surface area contributed by atoms with Gasteiger partial charge < -0.3 is 9.73 Å². The maximum Gasteiger partial charge on any atom is 0.253 e. The highest BCUT2D eigenvalue weighted by molar-refractivity contribution is 5.99. The van der Waals surface area contributed by atoms with Crippen molar-refractivity contribution in [2.45, 2.75) is 6.54 Å². The molecule has 5 nitrogen and oxygen atoms in total. The molecule has 3 heterocycles.